The molecule has 0 spiro atoms. The molecular weight excluding hydrogens is 508 g/mol. The summed E-state index contributed by atoms with van der Waals surface area (Å²) in [6, 6.07) is 8.27. The quantitative estimate of drug-likeness (QED) is 0.376. The summed E-state index contributed by atoms with van der Waals surface area (Å²) in [5.74, 6) is 0.0849. The van der Waals surface area contributed by atoms with Crippen LogP contribution in [0.15, 0.2) is 59.3 Å². The van der Waals surface area contributed by atoms with Crippen molar-refractivity contribution in [3.8, 4) is 11.4 Å². The van der Waals surface area contributed by atoms with Gasteiger partial charge in [0.15, 0.2) is 5.82 Å². The third-order valence-electron chi connectivity index (χ3n) is 5.73. The highest BCUT2D eigenvalue weighted by Crippen LogP contribution is 2.22. The Labute approximate surface area is 210 Å². The molecule has 1 saturated heterocycles. The fourth-order valence-electron chi connectivity index (χ4n) is 3.87. The normalized spacial score (nSPS) is 14.8. The van der Waals surface area contributed by atoms with E-state index in [1.807, 2.05) is 0 Å². The Balaban J connectivity index is 1.25. The Morgan fingerprint density at radius 1 is 1.06 bits per heavy atom. The number of aromatic amines is 1. The lowest BCUT2D eigenvalue weighted by molar-refractivity contribution is 0.0697. The minimum absolute atomic E-state index is 0.0587. The van der Waals surface area contributed by atoms with Crippen LogP contribution in [0.25, 0.3) is 22.4 Å². The maximum atomic E-state index is 13.1. The van der Waals surface area contributed by atoms with Crippen LogP contribution < -0.4 is 0 Å². The zero-order valence-corrected chi connectivity index (χ0v) is 20.3. The van der Waals surface area contributed by atoms with Crippen LogP contribution in [0.5, 0.6) is 0 Å². The van der Waals surface area contributed by atoms with Gasteiger partial charge in [0, 0.05) is 55.4 Å². The van der Waals surface area contributed by atoms with Gasteiger partial charge >= 0.3 is 0 Å². The van der Waals surface area contributed by atoms with Gasteiger partial charge in [0.1, 0.15) is 6.54 Å². The number of H-pyrrole nitrogens is 1. The van der Waals surface area contributed by atoms with Crippen LogP contribution in [0.1, 0.15) is 16.1 Å². The van der Waals surface area contributed by atoms with E-state index < -0.39 is 10.0 Å². The van der Waals surface area contributed by atoms with Crippen molar-refractivity contribution in [3.05, 3.63) is 70.1 Å². The molecule has 36 heavy (non-hydrogen) atoms. The molecule has 5 rings (SSSR count). The third kappa shape index (κ3) is 4.67. The van der Waals surface area contributed by atoms with Crippen LogP contribution in [-0.2, 0) is 16.6 Å². The second-order valence-electron chi connectivity index (χ2n) is 8.02. The number of rotatable bonds is 6. The Bertz CT molecular complexity index is 1550. The number of pyridine rings is 1. The number of aromatic nitrogens is 5. The van der Waals surface area contributed by atoms with Crippen molar-refractivity contribution in [2.24, 2.45) is 5.18 Å². The molecule has 1 aliphatic rings. The largest absolute Gasteiger partial charge is 0.336 e. The van der Waals surface area contributed by atoms with Crippen LogP contribution in [0.3, 0.4) is 0 Å². The smallest absolute Gasteiger partial charge is 0.276 e. The van der Waals surface area contributed by atoms with E-state index in [2.05, 4.69) is 30.1 Å². The second-order valence-corrected chi connectivity index (χ2v) is 10.3. The van der Waals surface area contributed by atoms with E-state index in [0.29, 0.717) is 33.1 Å². The van der Waals surface area contributed by atoms with Crippen molar-refractivity contribution in [2.75, 3.05) is 26.2 Å². The summed E-state index contributed by atoms with van der Waals surface area (Å²) in [6.07, 6.45) is 4.38. The van der Waals surface area contributed by atoms with Crippen LogP contribution in [0, 0.1) is 4.91 Å². The van der Waals surface area contributed by atoms with Crippen LogP contribution in [0.2, 0.25) is 5.02 Å². The number of piperazine rings is 1. The zero-order chi connectivity index (χ0) is 25.3. The highest BCUT2D eigenvalue weighted by Gasteiger charge is 2.32. The lowest BCUT2D eigenvalue weighted by atomic mass is 10.2. The molecule has 14 heteroatoms. The summed E-state index contributed by atoms with van der Waals surface area (Å²) in [5, 5.41) is 3.13. The predicted octanol–water partition coefficient (Wildman–Crippen LogP) is 2.48. The van der Waals surface area contributed by atoms with Gasteiger partial charge in [0.25, 0.3) is 15.9 Å². The average molecular weight is 527 g/mol. The number of hydrogen-bond acceptors (Lipinski definition) is 9. The van der Waals surface area contributed by atoms with Gasteiger partial charge < -0.3 is 9.88 Å². The molecule has 1 aromatic carbocycles. The first-order chi connectivity index (χ1) is 17.3. The molecule has 4 aromatic rings. The molecule has 0 saturated carbocycles. The summed E-state index contributed by atoms with van der Waals surface area (Å²) in [4.78, 5) is 44.6. The maximum Gasteiger partial charge on any atom is 0.276 e. The first kappa shape index (κ1) is 23.9. The number of halogens is 1. The van der Waals surface area contributed by atoms with E-state index in [0.717, 1.165) is 0 Å². The van der Waals surface area contributed by atoms with Gasteiger partial charge in [-0.3, -0.25) is 9.78 Å². The first-order valence-electron chi connectivity index (χ1n) is 10.9. The molecule has 3 aromatic heterocycles. The summed E-state index contributed by atoms with van der Waals surface area (Å²) in [5.41, 5.74) is 2.45. The van der Waals surface area contributed by atoms with Gasteiger partial charge in [-0.25, -0.2) is 23.4 Å². The number of benzene rings is 1. The fourth-order valence-corrected chi connectivity index (χ4v) is 5.38. The Morgan fingerprint density at radius 3 is 2.53 bits per heavy atom. The van der Waals surface area contributed by atoms with Gasteiger partial charge in [-0.2, -0.15) is 9.21 Å². The highest BCUT2D eigenvalue weighted by molar-refractivity contribution is 7.89. The van der Waals surface area contributed by atoms with Crippen molar-refractivity contribution >= 4 is 38.6 Å². The van der Waals surface area contributed by atoms with Gasteiger partial charge in [-0.1, -0.05) is 16.8 Å². The number of carbonyl (C=O) groups is 1. The van der Waals surface area contributed by atoms with Gasteiger partial charge in [-0.15, -0.1) is 0 Å². The highest BCUT2D eigenvalue weighted by atomic mass is 35.5. The van der Waals surface area contributed by atoms with Gasteiger partial charge in [0.2, 0.25) is 5.16 Å². The molecule has 184 valence electrons. The molecule has 0 unspecified atom stereocenters. The van der Waals surface area contributed by atoms with Crippen molar-refractivity contribution < 1.29 is 13.2 Å². The topological polar surface area (TPSA) is 154 Å². The molecule has 0 atom stereocenters. The molecule has 12 nitrogen and oxygen atoms in total. The van der Waals surface area contributed by atoms with Crippen LogP contribution in [-0.4, -0.2) is 74.6 Å². The number of imidazole rings is 1. The summed E-state index contributed by atoms with van der Waals surface area (Å²) in [7, 11) is -3.86. The molecule has 0 bridgehead atoms. The molecule has 1 aliphatic heterocycles. The Hall–Kier alpha value is -3.81. The van der Waals surface area contributed by atoms with Crippen LogP contribution in [0.4, 0.5) is 0 Å². The number of amides is 1. The zero-order valence-electron chi connectivity index (χ0n) is 18.7. The number of carbonyl (C=O) groups excluding carboxylic acids is 1. The van der Waals surface area contributed by atoms with E-state index in [9.17, 15) is 18.1 Å². The fraction of sp³-hybridized carbons (Fsp3) is 0.227. The SMILES string of the molecule is O=NCc1cc(-c2ncc(C(=O)N3CCN(S(=O)(=O)c4nc5cc(Cl)ccc5[nH]4)CC3)cn2)ccn1. The standard InChI is InChI=1S/C22H19ClN8O4S/c23-16-1-2-18-19(10-16)29-22(28-18)36(34,35)31-7-5-30(6-8-31)21(32)15-11-25-20(26-12-15)14-3-4-24-17(9-14)13-27-33/h1-4,9-12H,5-8,13H2,(H,28,29). The Kier molecular flexibility index (Phi) is 6.43. The number of fused-ring (bicyclic) bond motifs is 1. The van der Waals surface area contributed by atoms with Crippen LogP contribution >= 0.6 is 11.6 Å². The minimum Gasteiger partial charge on any atom is -0.336 e. The molecule has 0 aliphatic carbocycles. The maximum absolute atomic E-state index is 13.1. The second kappa shape index (κ2) is 9.68. The van der Waals surface area contributed by atoms with E-state index in [1.54, 1.807) is 35.2 Å². The lowest BCUT2D eigenvalue weighted by Gasteiger charge is -2.33. The minimum atomic E-state index is -3.86. The molecule has 1 amide bonds. The number of hydrogen-bond donors (Lipinski definition) is 1. The molecule has 0 radical (unpaired) electrons. The van der Waals surface area contributed by atoms with Crippen molar-refractivity contribution in [2.45, 2.75) is 11.7 Å². The van der Waals surface area contributed by atoms with Gasteiger partial charge in [-0.05, 0) is 30.3 Å². The summed E-state index contributed by atoms with van der Waals surface area (Å²) in [6.45, 7) is 0.595. The van der Waals surface area contributed by atoms with Crippen molar-refractivity contribution in [3.63, 3.8) is 0 Å². The molecule has 1 fully saturated rings. The third-order valence-corrected chi connectivity index (χ3v) is 7.70. The lowest BCUT2D eigenvalue weighted by Crippen LogP contribution is -2.50. The molecule has 1 N–H and O–H groups in total. The molecule has 4 heterocycles. The average Bonchev–Trinajstić information content (AvgIpc) is 3.33. The Morgan fingerprint density at radius 2 is 1.81 bits per heavy atom. The summed E-state index contributed by atoms with van der Waals surface area (Å²) >= 11 is 5.97. The number of nitroso groups, excluding NO2 is 1. The van der Waals surface area contributed by atoms with E-state index in [4.69, 9.17) is 11.6 Å². The number of nitrogens with one attached hydrogen (secondary N) is 1. The summed E-state index contributed by atoms with van der Waals surface area (Å²) < 4.78 is 27.4. The monoisotopic (exact) mass is 526 g/mol. The van der Waals surface area contributed by atoms with Crippen molar-refractivity contribution in [1.29, 1.82) is 0 Å². The van der Waals surface area contributed by atoms with Gasteiger partial charge in [0.05, 0.1) is 22.3 Å². The van der Waals surface area contributed by atoms with E-state index in [-0.39, 0.29) is 49.4 Å². The van der Waals surface area contributed by atoms with E-state index >= 15 is 0 Å². The number of nitrogens with zero attached hydrogens (tertiary/aromatic N) is 7. The number of sulfonamides is 1. The molecular formula is C22H19ClN8O4S. The van der Waals surface area contributed by atoms with Crippen molar-refractivity contribution in [1.82, 2.24) is 34.1 Å². The first-order valence-corrected chi connectivity index (χ1v) is 12.7. The van der Waals surface area contributed by atoms with E-state index in [1.165, 1.54) is 22.9 Å². The predicted molar refractivity (Wildman–Crippen MR) is 131 cm³/mol.